The summed E-state index contributed by atoms with van der Waals surface area (Å²) >= 11 is 1.85. The molecule has 0 aromatic carbocycles. The first-order chi connectivity index (χ1) is 9.24. The van der Waals surface area contributed by atoms with Gasteiger partial charge in [-0.15, -0.1) is 11.3 Å². The van der Waals surface area contributed by atoms with E-state index in [2.05, 4.69) is 28.2 Å². The summed E-state index contributed by atoms with van der Waals surface area (Å²) in [4.78, 5) is 18.2. The Balaban J connectivity index is 1.49. The molecule has 3 rings (SSSR count). The van der Waals surface area contributed by atoms with Crippen LogP contribution in [-0.2, 0) is 11.3 Å². The highest BCUT2D eigenvalue weighted by molar-refractivity contribution is 7.10. The SMILES string of the molecule is Cc1ccsc1CN1CCN(C(=O)C2CCC2)CC1. The molecular weight excluding hydrogens is 256 g/mol. The van der Waals surface area contributed by atoms with Gasteiger partial charge in [0, 0.05) is 43.5 Å². The van der Waals surface area contributed by atoms with Gasteiger partial charge in [0.25, 0.3) is 0 Å². The minimum Gasteiger partial charge on any atom is -0.340 e. The average molecular weight is 278 g/mol. The summed E-state index contributed by atoms with van der Waals surface area (Å²) in [7, 11) is 0. The molecule has 0 N–H and O–H groups in total. The number of amides is 1. The molecule has 2 heterocycles. The largest absolute Gasteiger partial charge is 0.340 e. The molecule has 1 aromatic rings. The second kappa shape index (κ2) is 5.63. The van der Waals surface area contributed by atoms with E-state index in [-0.39, 0.29) is 0 Å². The molecule has 1 aromatic heterocycles. The molecule has 3 nitrogen and oxygen atoms in total. The molecule has 19 heavy (non-hydrogen) atoms. The normalized spacial score (nSPS) is 21.4. The van der Waals surface area contributed by atoms with Crippen LogP contribution in [0.5, 0.6) is 0 Å². The van der Waals surface area contributed by atoms with Crippen LogP contribution in [0.4, 0.5) is 0 Å². The quantitative estimate of drug-likeness (QED) is 0.848. The molecular formula is C15H22N2OS. The first kappa shape index (κ1) is 13.1. The smallest absolute Gasteiger partial charge is 0.225 e. The summed E-state index contributed by atoms with van der Waals surface area (Å²) in [5.41, 5.74) is 1.40. The number of rotatable bonds is 3. The highest BCUT2D eigenvalue weighted by Crippen LogP contribution is 2.28. The van der Waals surface area contributed by atoms with Gasteiger partial charge < -0.3 is 4.90 Å². The van der Waals surface area contributed by atoms with Crippen molar-refractivity contribution in [2.75, 3.05) is 26.2 Å². The van der Waals surface area contributed by atoms with Crippen molar-refractivity contribution < 1.29 is 4.79 Å². The lowest BCUT2D eigenvalue weighted by Crippen LogP contribution is -2.50. The van der Waals surface area contributed by atoms with Crippen molar-refractivity contribution >= 4 is 17.2 Å². The summed E-state index contributed by atoms with van der Waals surface area (Å²) in [5, 5.41) is 2.17. The van der Waals surface area contributed by atoms with Gasteiger partial charge in [-0.1, -0.05) is 6.42 Å². The van der Waals surface area contributed by atoms with Crippen molar-refractivity contribution in [2.45, 2.75) is 32.7 Å². The van der Waals surface area contributed by atoms with Crippen molar-refractivity contribution in [3.8, 4) is 0 Å². The molecule has 0 radical (unpaired) electrons. The summed E-state index contributed by atoms with van der Waals surface area (Å²) in [6, 6.07) is 2.19. The number of nitrogens with zero attached hydrogens (tertiary/aromatic N) is 2. The highest BCUT2D eigenvalue weighted by Gasteiger charge is 2.31. The minimum absolute atomic E-state index is 0.353. The minimum atomic E-state index is 0.353. The molecule has 0 atom stereocenters. The van der Waals surface area contributed by atoms with Crippen LogP contribution in [-0.4, -0.2) is 41.9 Å². The zero-order chi connectivity index (χ0) is 13.2. The Hall–Kier alpha value is -0.870. The molecule has 0 bridgehead atoms. The van der Waals surface area contributed by atoms with Crippen molar-refractivity contribution in [2.24, 2.45) is 5.92 Å². The lowest BCUT2D eigenvalue weighted by molar-refractivity contribution is -0.140. The zero-order valence-electron chi connectivity index (χ0n) is 11.6. The lowest BCUT2D eigenvalue weighted by Gasteiger charge is -2.38. The maximum Gasteiger partial charge on any atom is 0.225 e. The number of carbonyl (C=O) groups is 1. The Morgan fingerprint density at radius 1 is 1.32 bits per heavy atom. The molecule has 4 heteroatoms. The second-order valence-electron chi connectivity index (χ2n) is 5.76. The third-order valence-electron chi connectivity index (χ3n) is 4.47. The number of piperazine rings is 1. The molecule has 0 spiro atoms. The van der Waals surface area contributed by atoms with Crippen LogP contribution in [0.15, 0.2) is 11.4 Å². The van der Waals surface area contributed by atoms with Gasteiger partial charge in [0.1, 0.15) is 0 Å². The Morgan fingerprint density at radius 3 is 2.58 bits per heavy atom. The number of hydrogen-bond acceptors (Lipinski definition) is 3. The van der Waals surface area contributed by atoms with Crippen LogP contribution in [0.3, 0.4) is 0 Å². The van der Waals surface area contributed by atoms with E-state index in [1.165, 1.54) is 16.9 Å². The molecule has 1 amide bonds. The van der Waals surface area contributed by atoms with Gasteiger partial charge in [0.05, 0.1) is 0 Å². The average Bonchev–Trinajstić information content (AvgIpc) is 2.74. The Kier molecular flexibility index (Phi) is 3.89. The van der Waals surface area contributed by atoms with Crippen LogP contribution < -0.4 is 0 Å². The first-order valence-electron chi connectivity index (χ1n) is 7.28. The van der Waals surface area contributed by atoms with Gasteiger partial charge in [-0.25, -0.2) is 0 Å². The van der Waals surface area contributed by atoms with Crippen LogP contribution in [0.25, 0.3) is 0 Å². The topological polar surface area (TPSA) is 23.6 Å². The summed E-state index contributed by atoms with van der Waals surface area (Å²) in [6.07, 6.45) is 3.48. The van der Waals surface area contributed by atoms with Gasteiger partial charge >= 0.3 is 0 Å². The lowest BCUT2D eigenvalue weighted by atomic mass is 9.84. The summed E-state index contributed by atoms with van der Waals surface area (Å²) in [6.45, 7) is 7.11. The third-order valence-corrected chi connectivity index (χ3v) is 5.48. The fourth-order valence-electron chi connectivity index (χ4n) is 2.81. The van der Waals surface area contributed by atoms with Gasteiger partial charge in [0.15, 0.2) is 0 Å². The van der Waals surface area contributed by atoms with Crippen molar-refractivity contribution in [3.63, 3.8) is 0 Å². The zero-order valence-corrected chi connectivity index (χ0v) is 12.4. The van der Waals surface area contributed by atoms with Crippen LogP contribution in [0.1, 0.15) is 29.7 Å². The van der Waals surface area contributed by atoms with Crippen LogP contribution in [0, 0.1) is 12.8 Å². The summed E-state index contributed by atoms with van der Waals surface area (Å²) < 4.78 is 0. The number of carbonyl (C=O) groups excluding carboxylic acids is 1. The predicted octanol–water partition coefficient (Wildman–Crippen LogP) is 2.50. The molecule has 2 fully saturated rings. The van der Waals surface area contributed by atoms with Crippen molar-refractivity contribution in [3.05, 3.63) is 21.9 Å². The predicted molar refractivity (Wildman–Crippen MR) is 78.3 cm³/mol. The van der Waals surface area contributed by atoms with E-state index < -0.39 is 0 Å². The van der Waals surface area contributed by atoms with Gasteiger partial charge in [-0.05, 0) is 36.8 Å². The van der Waals surface area contributed by atoms with E-state index in [4.69, 9.17) is 0 Å². The maximum absolute atomic E-state index is 12.2. The fraction of sp³-hybridized carbons (Fsp3) is 0.667. The standard InChI is InChI=1S/C15H22N2OS/c1-12-5-10-19-14(12)11-16-6-8-17(9-7-16)15(18)13-3-2-4-13/h5,10,13H,2-4,6-9,11H2,1H3. The van der Waals surface area contributed by atoms with Crippen LogP contribution >= 0.6 is 11.3 Å². The van der Waals surface area contributed by atoms with Crippen molar-refractivity contribution in [1.82, 2.24) is 9.80 Å². The van der Waals surface area contributed by atoms with Crippen LogP contribution in [0.2, 0.25) is 0 Å². The maximum atomic E-state index is 12.2. The molecule has 1 aliphatic carbocycles. The third kappa shape index (κ3) is 2.84. The van der Waals surface area contributed by atoms with E-state index in [1.807, 2.05) is 11.3 Å². The van der Waals surface area contributed by atoms with E-state index in [9.17, 15) is 4.79 Å². The molecule has 0 unspecified atom stereocenters. The van der Waals surface area contributed by atoms with Crippen molar-refractivity contribution in [1.29, 1.82) is 0 Å². The van der Waals surface area contributed by atoms with E-state index in [0.717, 1.165) is 45.6 Å². The van der Waals surface area contributed by atoms with Gasteiger partial charge in [0.2, 0.25) is 5.91 Å². The van der Waals surface area contributed by atoms with E-state index in [1.54, 1.807) is 0 Å². The van der Waals surface area contributed by atoms with E-state index in [0.29, 0.717) is 11.8 Å². The number of thiophene rings is 1. The molecule has 1 saturated heterocycles. The monoisotopic (exact) mass is 278 g/mol. The van der Waals surface area contributed by atoms with Gasteiger partial charge in [-0.3, -0.25) is 9.69 Å². The Bertz CT molecular complexity index is 445. The summed E-state index contributed by atoms with van der Waals surface area (Å²) in [5.74, 6) is 0.768. The number of aryl methyl sites for hydroxylation is 1. The molecule has 1 aliphatic heterocycles. The number of hydrogen-bond donors (Lipinski definition) is 0. The van der Waals surface area contributed by atoms with E-state index >= 15 is 0 Å². The van der Waals surface area contributed by atoms with Gasteiger partial charge in [-0.2, -0.15) is 0 Å². The molecule has 2 aliphatic rings. The highest BCUT2D eigenvalue weighted by atomic mass is 32.1. The Morgan fingerprint density at radius 2 is 2.05 bits per heavy atom. The molecule has 1 saturated carbocycles. The molecule has 104 valence electrons. The second-order valence-corrected chi connectivity index (χ2v) is 6.76. The Labute approximate surface area is 119 Å². The fourth-order valence-corrected chi connectivity index (χ4v) is 3.76. The first-order valence-corrected chi connectivity index (χ1v) is 8.16.